The Hall–Kier alpha value is -3.78. The first-order valence-electron chi connectivity index (χ1n) is 12.0. The zero-order valence-electron chi connectivity index (χ0n) is 20.6. The fourth-order valence-electron chi connectivity index (χ4n) is 4.93. The van der Waals surface area contributed by atoms with Crippen molar-refractivity contribution < 1.29 is 13.6 Å². The largest absolute Gasteiger partial charge is 0.354 e. The highest BCUT2D eigenvalue weighted by Gasteiger charge is 2.26. The van der Waals surface area contributed by atoms with Crippen molar-refractivity contribution in [3.63, 3.8) is 0 Å². The molecule has 0 bridgehead atoms. The monoisotopic (exact) mass is 521 g/mol. The number of carbonyl (C=O) groups is 1. The number of hydrogen-bond donors (Lipinski definition) is 1. The number of aromatic nitrogens is 5. The molecule has 5 rings (SSSR count). The first kappa shape index (κ1) is 24.9. The Kier molecular flexibility index (Phi) is 6.69. The van der Waals surface area contributed by atoms with Crippen LogP contribution >= 0.6 is 11.8 Å². The minimum Gasteiger partial charge on any atom is -0.354 e. The van der Waals surface area contributed by atoms with Crippen molar-refractivity contribution in [2.75, 3.05) is 0 Å². The van der Waals surface area contributed by atoms with Crippen LogP contribution in [0.1, 0.15) is 55.6 Å². The van der Waals surface area contributed by atoms with E-state index in [1.807, 2.05) is 23.9 Å². The lowest BCUT2D eigenvalue weighted by Gasteiger charge is -2.29. The quantitative estimate of drug-likeness (QED) is 0.391. The smallest absolute Gasteiger partial charge is 0.217 e. The van der Waals surface area contributed by atoms with Crippen LogP contribution in [0.3, 0.4) is 0 Å². The molecule has 1 fully saturated rings. The molecule has 4 heterocycles. The molecule has 1 N–H and O–H groups in total. The van der Waals surface area contributed by atoms with Gasteiger partial charge in [-0.25, -0.2) is 18.3 Å². The summed E-state index contributed by atoms with van der Waals surface area (Å²) in [5.41, 5.74) is 3.64. The second-order valence-electron chi connectivity index (χ2n) is 9.30. The Bertz CT molecular complexity index is 1550. The second kappa shape index (κ2) is 9.94. The average Bonchev–Trinajstić information content (AvgIpc) is 3.46. The van der Waals surface area contributed by atoms with E-state index < -0.39 is 11.6 Å². The molecule has 37 heavy (non-hydrogen) atoms. The molecule has 190 valence electrons. The molecule has 1 amide bonds. The molecule has 0 spiro atoms. The van der Waals surface area contributed by atoms with Crippen molar-refractivity contribution in [2.24, 2.45) is 0 Å². The van der Waals surface area contributed by atoms with Gasteiger partial charge in [0.15, 0.2) is 5.82 Å². The maximum atomic E-state index is 14.6. The van der Waals surface area contributed by atoms with Crippen LogP contribution in [-0.2, 0) is 4.79 Å². The molecule has 11 heteroatoms. The van der Waals surface area contributed by atoms with Gasteiger partial charge in [0.2, 0.25) is 5.91 Å². The highest BCUT2D eigenvalue weighted by molar-refractivity contribution is 7.99. The number of hydrogen-bond acceptors (Lipinski definition) is 6. The minimum absolute atomic E-state index is 0.00544. The van der Waals surface area contributed by atoms with Gasteiger partial charge in [-0.3, -0.25) is 9.48 Å². The highest BCUT2D eigenvalue weighted by Crippen LogP contribution is 2.38. The number of nitriles is 1. The van der Waals surface area contributed by atoms with Gasteiger partial charge in [-0.05, 0) is 45.6 Å². The summed E-state index contributed by atoms with van der Waals surface area (Å²) in [5.74, 6) is -1.49. The van der Waals surface area contributed by atoms with Crippen LogP contribution in [-0.4, -0.2) is 36.3 Å². The van der Waals surface area contributed by atoms with Crippen LogP contribution < -0.4 is 5.32 Å². The third-order valence-corrected chi connectivity index (χ3v) is 7.79. The van der Waals surface area contributed by atoms with Gasteiger partial charge in [-0.1, -0.05) is 11.8 Å². The maximum absolute atomic E-state index is 14.6. The van der Waals surface area contributed by atoms with Crippen molar-refractivity contribution in [3.8, 4) is 17.2 Å². The SMILES string of the molecule is CC(=O)N[C@H]1CC[C@@H](n2ncc(-c3cc(Sc4nc(C)c(F)cc4F)c4c(C#N)cnn4c3)c2C)CC1. The molecule has 0 aromatic carbocycles. The number of rotatable bonds is 5. The zero-order valence-corrected chi connectivity index (χ0v) is 21.4. The topological polar surface area (TPSA) is 101 Å². The number of halogens is 2. The van der Waals surface area contributed by atoms with E-state index in [9.17, 15) is 18.8 Å². The van der Waals surface area contributed by atoms with E-state index in [0.717, 1.165) is 60.3 Å². The van der Waals surface area contributed by atoms with Crippen molar-refractivity contribution in [3.05, 3.63) is 59.3 Å². The van der Waals surface area contributed by atoms with Crippen LogP contribution in [0.2, 0.25) is 0 Å². The van der Waals surface area contributed by atoms with E-state index in [1.165, 1.54) is 13.1 Å². The van der Waals surface area contributed by atoms with Crippen LogP contribution in [0.15, 0.2) is 40.6 Å². The van der Waals surface area contributed by atoms with Gasteiger partial charge in [0.1, 0.15) is 16.9 Å². The van der Waals surface area contributed by atoms with Crippen LogP contribution in [0.5, 0.6) is 0 Å². The summed E-state index contributed by atoms with van der Waals surface area (Å²) >= 11 is 1.03. The van der Waals surface area contributed by atoms with Crippen molar-refractivity contribution in [2.45, 2.75) is 68.5 Å². The van der Waals surface area contributed by atoms with Crippen LogP contribution in [0.25, 0.3) is 16.6 Å². The van der Waals surface area contributed by atoms with Crippen molar-refractivity contribution in [1.29, 1.82) is 5.26 Å². The number of nitrogens with zero attached hydrogens (tertiary/aromatic N) is 6. The normalized spacial score (nSPS) is 17.6. The fourth-order valence-corrected chi connectivity index (χ4v) is 5.96. The molecule has 0 atom stereocenters. The molecule has 4 aromatic rings. The summed E-state index contributed by atoms with van der Waals surface area (Å²) in [4.78, 5) is 16.0. The summed E-state index contributed by atoms with van der Waals surface area (Å²) < 4.78 is 32.0. The highest BCUT2D eigenvalue weighted by atomic mass is 32.2. The maximum Gasteiger partial charge on any atom is 0.217 e. The first-order chi connectivity index (χ1) is 17.7. The summed E-state index contributed by atoms with van der Waals surface area (Å²) in [6.07, 6.45) is 8.70. The van der Waals surface area contributed by atoms with Crippen molar-refractivity contribution in [1.82, 2.24) is 29.7 Å². The molecule has 8 nitrogen and oxygen atoms in total. The second-order valence-corrected chi connectivity index (χ2v) is 10.3. The van der Waals surface area contributed by atoms with Gasteiger partial charge >= 0.3 is 0 Å². The Labute approximate surface area is 216 Å². The van der Waals surface area contributed by atoms with Gasteiger partial charge in [0, 0.05) is 46.9 Å². The zero-order chi connectivity index (χ0) is 26.3. The third-order valence-electron chi connectivity index (χ3n) is 6.78. The number of nitrogens with one attached hydrogen (secondary N) is 1. The van der Waals surface area contributed by atoms with Gasteiger partial charge < -0.3 is 5.32 Å². The molecule has 0 aliphatic heterocycles. The number of fused-ring (bicyclic) bond motifs is 1. The molecule has 0 radical (unpaired) electrons. The summed E-state index contributed by atoms with van der Waals surface area (Å²) in [5, 5.41) is 21.6. The standard InChI is InChI=1S/C26H25F2N7OS/c1-14-22(27)9-23(28)26(32-14)37-24-8-17(13-34-25(24)18(10-29)11-30-34)21-12-31-35(15(21)2)20-6-4-19(5-7-20)33-16(3)36/h8-9,11-13,19-20H,4-7H2,1-3H3,(H,33,36)/t19-,20+. The Balaban J connectivity index is 1.51. The summed E-state index contributed by atoms with van der Waals surface area (Å²) in [7, 11) is 0. The molecular formula is C26H25F2N7OS. The minimum atomic E-state index is -0.770. The number of aryl methyl sites for hydroxylation is 1. The number of amides is 1. The molecule has 4 aromatic heterocycles. The van der Waals surface area contributed by atoms with Crippen molar-refractivity contribution >= 4 is 23.2 Å². The van der Waals surface area contributed by atoms with E-state index >= 15 is 0 Å². The fraction of sp³-hybridized carbons (Fsp3) is 0.346. The third kappa shape index (κ3) is 4.81. The molecule has 0 unspecified atom stereocenters. The Morgan fingerprint density at radius 1 is 1.14 bits per heavy atom. The Morgan fingerprint density at radius 2 is 1.89 bits per heavy atom. The number of pyridine rings is 2. The van der Waals surface area contributed by atoms with E-state index in [1.54, 1.807) is 17.6 Å². The van der Waals surface area contributed by atoms with E-state index in [2.05, 4.69) is 26.6 Å². The predicted molar refractivity (Wildman–Crippen MR) is 134 cm³/mol. The van der Waals surface area contributed by atoms with E-state index in [0.29, 0.717) is 16.0 Å². The van der Waals surface area contributed by atoms with Crippen LogP contribution in [0.4, 0.5) is 8.78 Å². The van der Waals surface area contributed by atoms with Gasteiger partial charge in [0.25, 0.3) is 0 Å². The molecule has 1 aliphatic rings. The number of carbonyl (C=O) groups excluding carboxylic acids is 1. The lowest BCUT2D eigenvalue weighted by Crippen LogP contribution is -2.36. The molecular weight excluding hydrogens is 496 g/mol. The van der Waals surface area contributed by atoms with Gasteiger partial charge in [-0.15, -0.1) is 0 Å². The first-order valence-corrected chi connectivity index (χ1v) is 12.8. The molecule has 1 saturated carbocycles. The van der Waals surface area contributed by atoms with Crippen LogP contribution in [0, 0.1) is 36.8 Å². The Morgan fingerprint density at radius 3 is 2.59 bits per heavy atom. The summed E-state index contributed by atoms with van der Waals surface area (Å²) in [6, 6.07) is 5.24. The summed E-state index contributed by atoms with van der Waals surface area (Å²) in [6.45, 7) is 5.03. The van der Waals surface area contributed by atoms with E-state index in [4.69, 9.17) is 0 Å². The lowest BCUT2D eigenvalue weighted by atomic mass is 9.91. The average molecular weight is 522 g/mol. The van der Waals surface area contributed by atoms with Gasteiger partial charge in [0.05, 0.1) is 35.2 Å². The molecule has 0 saturated heterocycles. The lowest BCUT2D eigenvalue weighted by molar-refractivity contribution is -0.119. The predicted octanol–water partition coefficient (Wildman–Crippen LogP) is 5.13. The molecule has 1 aliphatic carbocycles. The van der Waals surface area contributed by atoms with Gasteiger partial charge in [-0.2, -0.15) is 15.5 Å². The van der Waals surface area contributed by atoms with E-state index in [-0.39, 0.29) is 28.7 Å².